The predicted octanol–water partition coefficient (Wildman–Crippen LogP) is 4.63. The molecule has 18 heavy (non-hydrogen) atoms. The fourth-order valence-corrected chi connectivity index (χ4v) is 3.06. The molecule has 0 saturated heterocycles. The molecule has 2 heteroatoms. The Kier molecular flexibility index (Phi) is 7.45. The minimum absolute atomic E-state index is 0.801. The summed E-state index contributed by atoms with van der Waals surface area (Å²) in [5, 5.41) is 3.45. The van der Waals surface area contributed by atoms with Crippen molar-refractivity contribution in [1.82, 2.24) is 5.32 Å². The molecular weight excluding hydrogens is 238 g/mol. The molecule has 0 amide bonds. The first kappa shape index (κ1) is 15.6. The van der Waals surface area contributed by atoms with E-state index in [0.29, 0.717) is 0 Å². The van der Waals surface area contributed by atoms with Crippen LogP contribution in [0, 0.1) is 12.8 Å². The Morgan fingerprint density at radius 3 is 2.67 bits per heavy atom. The third kappa shape index (κ3) is 5.92. The van der Waals surface area contributed by atoms with Crippen LogP contribution in [0.4, 0.5) is 0 Å². The highest BCUT2D eigenvalue weighted by atomic mass is 32.2. The van der Waals surface area contributed by atoms with Gasteiger partial charge in [0, 0.05) is 11.4 Å². The zero-order valence-electron chi connectivity index (χ0n) is 12.3. The van der Waals surface area contributed by atoms with E-state index in [1.807, 2.05) is 11.8 Å². The number of benzene rings is 1. The highest BCUT2D eigenvalue weighted by Crippen LogP contribution is 2.25. The molecule has 1 aromatic carbocycles. The van der Waals surface area contributed by atoms with E-state index < -0.39 is 0 Å². The molecule has 0 aliphatic heterocycles. The van der Waals surface area contributed by atoms with Crippen LogP contribution in [-0.4, -0.2) is 12.3 Å². The van der Waals surface area contributed by atoms with Gasteiger partial charge in [0.1, 0.15) is 0 Å². The largest absolute Gasteiger partial charge is 0.313 e. The van der Waals surface area contributed by atoms with Crippen LogP contribution in [0.5, 0.6) is 0 Å². The Labute approximate surface area is 117 Å². The summed E-state index contributed by atoms with van der Waals surface area (Å²) in [5.74, 6) is 2.03. The quantitative estimate of drug-likeness (QED) is 0.543. The van der Waals surface area contributed by atoms with Crippen molar-refractivity contribution in [1.29, 1.82) is 0 Å². The van der Waals surface area contributed by atoms with Crippen LogP contribution in [0.15, 0.2) is 23.1 Å². The maximum absolute atomic E-state index is 3.45. The molecule has 0 saturated carbocycles. The Bertz CT molecular complexity index is 347. The average molecular weight is 265 g/mol. The van der Waals surface area contributed by atoms with Crippen molar-refractivity contribution in [3.8, 4) is 0 Å². The molecular formula is C16H27NS. The van der Waals surface area contributed by atoms with Gasteiger partial charge >= 0.3 is 0 Å². The predicted molar refractivity (Wildman–Crippen MR) is 83.4 cm³/mol. The van der Waals surface area contributed by atoms with E-state index >= 15 is 0 Å². The zero-order valence-corrected chi connectivity index (χ0v) is 13.1. The topological polar surface area (TPSA) is 12.0 Å². The Morgan fingerprint density at radius 1 is 1.28 bits per heavy atom. The van der Waals surface area contributed by atoms with Crippen molar-refractivity contribution in [2.75, 3.05) is 12.3 Å². The second-order valence-corrected chi connectivity index (χ2v) is 6.44. The van der Waals surface area contributed by atoms with Crippen molar-refractivity contribution in [2.24, 2.45) is 5.92 Å². The second kappa shape index (κ2) is 8.60. The van der Waals surface area contributed by atoms with Gasteiger partial charge < -0.3 is 5.32 Å². The van der Waals surface area contributed by atoms with E-state index in [-0.39, 0.29) is 0 Å². The lowest BCUT2D eigenvalue weighted by Crippen LogP contribution is -2.13. The molecule has 0 bridgehead atoms. The molecule has 0 atom stereocenters. The maximum Gasteiger partial charge on any atom is 0.0205 e. The summed E-state index contributed by atoms with van der Waals surface area (Å²) in [6, 6.07) is 6.86. The Balaban J connectivity index is 2.46. The van der Waals surface area contributed by atoms with Crippen LogP contribution in [0.3, 0.4) is 0 Å². The van der Waals surface area contributed by atoms with E-state index in [0.717, 1.165) is 19.0 Å². The van der Waals surface area contributed by atoms with Crippen molar-refractivity contribution in [3.63, 3.8) is 0 Å². The number of hydrogen-bond donors (Lipinski definition) is 1. The molecule has 1 nitrogen and oxygen atoms in total. The molecule has 0 unspecified atom stereocenters. The van der Waals surface area contributed by atoms with Gasteiger partial charge in [0.05, 0.1) is 0 Å². The van der Waals surface area contributed by atoms with E-state index in [4.69, 9.17) is 0 Å². The normalized spacial score (nSPS) is 11.2. The lowest BCUT2D eigenvalue weighted by molar-refractivity contribution is 0.632. The van der Waals surface area contributed by atoms with Gasteiger partial charge in [-0.05, 0) is 55.2 Å². The molecule has 0 heterocycles. The van der Waals surface area contributed by atoms with Crippen LogP contribution in [0.25, 0.3) is 0 Å². The highest BCUT2D eigenvalue weighted by Gasteiger charge is 2.02. The molecule has 1 rings (SSSR count). The van der Waals surface area contributed by atoms with E-state index in [1.165, 1.54) is 34.6 Å². The first-order chi connectivity index (χ1) is 8.63. The molecule has 1 N–H and O–H groups in total. The van der Waals surface area contributed by atoms with E-state index in [1.54, 1.807) is 0 Å². The van der Waals surface area contributed by atoms with E-state index in [9.17, 15) is 0 Å². The van der Waals surface area contributed by atoms with Crippen molar-refractivity contribution < 1.29 is 0 Å². The minimum Gasteiger partial charge on any atom is -0.313 e. The Morgan fingerprint density at radius 2 is 2.06 bits per heavy atom. The van der Waals surface area contributed by atoms with Gasteiger partial charge in [0.2, 0.25) is 0 Å². The number of aryl methyl sites for hydroxylation is 1. The van der Waals surface area contributed by atoms with Crippen molar-refractivity contribution in [2.45, 2.75) is 52.0 Å². The summed E-state index contributed by atoms with van der Waals surface area (Å²) in [7, 11) is 0. The number of nitrogens with one attached hydrogen (secondary N) is 1. The summed E-state index contributed by atoms with van der Waals surface area (Å²) in [4.78, 5) is 1.44. The first-order valence-corrected chi connectivity index (χ1v) is 8.05. The maximum atomic E-state index is 3.45. The molecule has 0 fully saturated rings. The van der Waals surface area contributed by atoms with Crippen molar-refractivity contribution >= 4 is 11.8 Å². The van der Waals surface area contributed by atoms with Crippen LogP contribution >= 0.6 is 11.8 Å². The minimum atomic E-state index is 0.801. The lowest BCUT2D eigenvalue weighted by Gasteiger charge is -2.10. The number of hydrogen-bond acceptors (Lipinski definition) is 2. The van der Waals surface area contributed by atoms with Gasteiger partial charge in [0.25, 0.3) is 0 Å². The zero-order chi connectivity index (χ0) is 13.4. The second-order valence-electron chi connectivity index (χ2n) is 5.31. The Hall–Kier alpha value is -0.470. The highest BCUT2D eigenvalue weighted by molar-refractivity contribution is 7.99. The molecule has 0 aliphatic carbocycles. The average Bonchev–Trinajstić information content (AvgIpc) is 2.32. The van der Waals surface area contributed by atoms with E-state index in [2.05, 4.69) is 51.2 Å². The molecule has 0 spiro atoms. The van der Waals surface area contributed by atoms with Crippen LogP contribution in [0.1, 0.15) is 44.7 Å². The molecule has 0 radical (unpaired) electrons. The van der Waals surface area contributed by atoms with Gasteiger partial charge in [-0.15, -0.1) is 11.8 Å². The van der Waals surface area contributed by atoms with Gasteiger partial charge in [-0.3, -0.25) is 0 Å². The third-order valence-electron chi connectivity index (χ3n) is 2.95. The number of thioether (sulfide) groups is 1. The monoisotopic (exact) mass is 265 g/mol. The van der Waals surface area contributed by atoms with Gasteiger partial charge in [-0.1, -0.05) is 32.9 Å². The smallest absolute Gasteiger partial charge is 0.0205 e. The summed E-state index contributed by atoms with van der Waals surface area (Å²) < 4.78 is 0. The first-order valence-electron chi connectivity index (χ1n) is 7.06. The lowest BCUT2D eigenvalue weighted by atomic mass is 10.1. The fraction of sp³-hybridized carbons (Fsp3) is 0.625. The summed E-state index contributed by atoms with van der Waals surface area (Å²) in [5.41, 5.74) is 2.81. The van der Waals surface area contributed by atoms with Gasteiger partial charge in [-0.25, -0.2) is 0 Å². The summed E-state index contributed by atoms with van der Waals surface area (Å²) in [6.07, 6.45) is 2.49. The molecule has 0 aliphatic rings. The van der Waals surface area contributed by atoms with Crippen LogP contribution < -0.4 is 5.32 Å². The molecule has 0 aromatic heterocycles. The molecule has 102 valence electrons. The SMILES string of the molecule is CCCNCc1ccc(SCCC(C)C)c(C)c1. The standard InChI is InChI=1S/C16H27NS/c1-5-9-17-12-15-6-7-16(14(4)11-15)18-10-8-13(2)3/h6-7,11,13,17H,5,8-10,12H2,1-4H3. The third-order valence-corrected chi connectivity index (χ3v) is 4.16. The summed E-state index contributed by atoms with van der Waals surface area (Å²) in [6.45, 7) is 11.1. The number of rotatable bonds is 8. The fourth-order valence-electron chi connectivity index (χ4n) is 1.80. The van der Waals surface area contributed by atoms with Crippen molar-refractivity contribution in [3.05, 3.63) is 29.3 Å². The van der Waals surface area contributed by atoms with Gasteiger partial charge in [-0.2, -0.15) is 0 Å². The van der Waals surface area contributed by atoms with Crippen LogP contribution in [0.2, 0.25) is 0 Å². The van der Waals surface area contributed by atoms with Gasteiger partial charge in [0.15, 0.2) is 0 Å². The summed E-state index contributed by atoms with van der Waals surface area (Å²) >= 11 is 1.99. The van der Waals surface area contributed by atoms with Crippen LogP contribution in [-0.2, 0) is 6.54 Å². The molecule has 1 aromatic rings.